The maximum atomic E-state index is 12.2. The molecule has 0 aliphatic rings. The zero-order valence-electron chi connectivity index (χ0n) is 10.4. The molecule has 1 aromatic carbocycles. The number of fused-ring (bicyclic) bond motifs is 1. The first-order valence-electron chi connectivity index (χ1n) is 5.69. The van der Waals surface area contributed by atoms with Crippen molar-refractivity contribution in [1.29, 1.82) is 0 Å². The van der Waals surface area contributed by atoms with E-state index in [1.54, 1.807) is 7.05 Å². The molecule has 0 saturated carbocycles. The van der Waals surface area contributed by atoms with Crippen LogP contribution in [-0.2, 0) is 0 Å². The van der Waals surface area contributed by atoms with Gasteiger partial charge < -0.3 is 15.7 Å². The van der Waals surface area contributed by atoms with Crippen molar-refractivity contribution in [3.63, 3.8) is 0 Å². The maximum absolute atomic E-state index is 12.2. The first-order chi connectivity index (χ1) is 8.54. The van der Waals surface area contributed by atoms with Crippen LogP contribution in [0.1, 0.15) is 15.2 Å². The van der Waals surface area contributed by atoms with Gasteiger partial charge in [-0.15, -0.1) is 11.3 Å². The number of amides is 1. The molecule has 2 rings (SSSR count). The predicted octanol–water partition coefficient (Wildman–Crippen LogP) is 1.86. The van der Waals surface area contributed by atoms with Gasteiger partial charge in [0.05, 0.1) is 12.3 Å². The lowest BCUT2D eigenvalue weighted by molar-refractivity contribution is 0.0772. The van der Waals surface area contributed by atoms with E-state index in [0.29, 0.717) is 17.1 Å². The van der Waals surface area contributed by atoms with Gasteiger partial charge in [0.25, 0.3) is 5.91 Å². The molecular weight excluding hydrogens is 248 g/mol. The van der Waals surface area contributed by atoms with Crippen LogP contribution in [0.15, 0.2) is 18.2 Å². The highest BCUT2D eigenvalue weighted by Gasteiger charge is 2.19. The largest absolute Gasteiger partial charge is 0.397 e. The second-order valence-electron chi connectivity index (χ2n) is 4.29. The van der Waals surface area contributed by atoms with Gasteiger partial charge in [0.2, 0.25) is 0 Å². The Labute approximate surface area is 110 Å². The van der Waals surface area contributed by atoms with E-state index >= 15 is 0 Å². The molecule has 4 nitrogen and oxygen atoms in total. The molecule has 18 heavy (non-hydrogen) atoms. The number of aliphatic hydroxyl groups is 1. The number of carbonyl (C=O) groups excluding carboxylic acids is 1. The molecule has 5 heteroatoms. The summed E-state index contributed by atoms with van der Waals surface area (Å²) in [4.78, 5) is 14.2. The van der Waals surface area contributed by atoms with Crippen LogP contribution in [0.2, 0.25) is 0 Å². The van der Waals surface area contributed by atoms with Crippen molar-refractivity contribution >= 4 is 33.0 Å². The number of hydrogen-bond acceptors (Lipinski definition) is 4. The quantitative estimate of drug-likeness (QED) is 0.889. The Kier molecular flexibility index (Phi) is 3.54. The van der Waals surface area contributed by atoms with E-state index in [0.717, 1.165) is 15.6 Å². The number of aryl methyl sites for hydroxylation is 1. The fourth-order valence-electron chi connectivity index (χ4n) is 1.81. The number of anilines is 1. The average Bonchev–Trinajstić information content (AvgIpc) is 2.66. The van der Waals surface area contributed by atoms with Gasteiger partial charge in [0.1, 0.15) is 4.88 Å². The second kappa shape index (κ2) is 4.96. The molecular formula is C13H16N2O2S. The number of nitrogen functional groups attached to an aromatic ring is 1. The third-order valence-electron chi connectivity index (χ3n) is 2.86. The Bertz CT molecular complexity index is 592. The standard InChI is InChI=1S/C13H16N2O2S/c1-8-3-4-10-9(7-8)11(14)12(18-10)13(17)15(2)5-6-16/h3-4,7,16H,5-6,14H2,1-2H3. The molecule has 96 valence electrons. The SMILES string of the molecule is Cc1ccc2sc(C(=O)N(C)CCO)c(N)c2c1. The van der Waals surface area contributed by atoms with Crippen LogP contribution in [0.5, 0.6) is 0 Å². The van der Waals surface area contributed by atoms with Crippen molar-refractivity contribution in [3.8, 4) is 0 Å². The van der Waals surface area contributed by atoms with E-state index < -0.39 is 0 Å². The van der Waals surface area contributed by atoms with Gasteiger partial charge in [0.15, 0.2) is 0 Å². The summed E-state index contributed by atoms with van der Waals surface area (Å²) in [5.74, 6) is -0.139. The lowest BCUT2D eigenvalue weighted by Gasteiger charge is -2.14. The van der Waals surface area contributed by atoms with Gasteiger partial charge in [-0.1, -0.05) is 11.6 Å². The number of thiophene rings is 1. The van der Waals surface area contributed by atoms with E-state index in [9.17, 15) is 4.79 Å². The smallest absolute Gasteiger partial charge is 0.265 e. The number of nitrogens with two attached hydrogens (primary N) is 1. The van der Waals surface area contributed by atoms with Crippen LogP contribution >= 0.6 is 11.3 Å². The summed E-state index contributed by atoms with van der Waals surface area (Å²) in [5.41, 5.74) is 7.70. The lowest BCUT2D eigenvalue weighted by Crippen LogP contribution is -2.29. The molecule has 1 amide bonds. The highest BCUT2D eigenvalue weighted by Crippen LogP contribution is 2.34. The molecule has 0 unspecified atom stereocenters. The molecule has 1 aromatic heterocycles. The van der Waals surface area contributed by atoms with Crippen LogP contribution in [0.25, 0.3) is 10.1 Å². The number of nitrogens with zero attached hydrogens (tertiary/aromatic N) is 1. The minimum absolute atomic E-state index is 0.0495. The Morgan fingerprint density at radius 1 is 1.50 bits per heavy atom. The van der Waals surface area contributed by atoms with Gasteiger partial charge in [-0.3, -0.25) is 4.79 Å². The minimum Gasteiger partial charge on any atom is -0.397 e. The van der Waals surface area contributed by atoms with Crippen LogP contribution < -0.4 is 5.73 Å². The molecule has 0 aliphatic heterocycles. The van der Waals surface area contributed by atoms with E-state index in [1.165, 1.54) is 16.2 Å². The first kappa shape index (κ1) is 12.9. The van der Waals surface area contributed by atoms with Crippen LogP contribution in [0.4, 0.5) is 5.69 Å². The third kappa shape index (κ3) is 2.19. The van der Waals surface area contributed by atoms with E-state index in [2.05, 4.69) is 0 Å². The maximum Gasteiger partial charge on any atom is 0.265 e. The summed E-state index contributed by atoms with van der Waals surface area (Å²) in [6.07, 6.45) is 0. The third-order valence-corrected chi connectivity index (χ3v) is 4.03. The summed E-state index contributed by atoms with van der Waals surface area (Å²) < 4.78 is 1.01. The number of likely N-dealkylation sites (N-methyl/N-ethyl adjacent to an activating group) is 1. The van der Waals surface area contributed by atoms with E-state index in [4.69, 9.17) is 10.8 Å². The Morgan fingerprint density at radius 3 is 2.89 bits per heavy atom. The summed E-state index contributed by atoms with van der Waals surface area (Å²) in [6.45, 7) is 2.26. The van der Waals surface area contributed by atoms with Gasteiger partial charge in [-0.05, 0) is 19.1 Å². The summed E-state index contributed by atoms with van der Waals surface area (Å²) in [6, 6.07) is 5.97. The molecule has 2 aromatic rings. The Balaban J connectivity index is 2.46. The fraction of sp³-hybridized carbons (Fsp3) is 0.308. The number of rotatable bonds is 3. The van der Waals surface area contributed by atoms with Gasteiger partial charge >= 0.3 is 0 Å². The summed E-state index contributed by atoms with van der Waals surface area (Å²) in [5, 5.41) is 9.79. The Hall–Kier alpha value is -1.59. The summed E-state index contributed by atoms with van der Waals surface area (Å²) >= 11 is 1.40. The monoisotopic (exact) mass is 264 g/mol. The van der Waals surface area contributed by atoms with E-state index in [1.807, 2.05) is 25.1 Å². The minimum atomic E-state index is -0.139. The number of hydrogen-bond donors (Lipinski definition) is 2. The van der Waals surface area contributed by atoms with Crippen LogP contribution in [0.3, 0.4) is 0 Å². The van der Waals surface area contributed by atoms with Gasteiger partial charge in [0, 0.05) is 23.7 Å². The van der Waals surface area contributed by atoms with Gasteiger partial charge in [-0.2, -0.15) is 0 Å². The highest BCUT2D eigenvalue weighted by atomic mass is 32.1. The van der Waals surface area contributed by atoms with Crippen LogP contribution in [-0.4, -0.2) is 36.1 Å². The second-order valence-corrected chi connectivity index (χ2v) is 5.35. The molecule has 0 saturated heterocycles. The predicted molar refractivity (Wildman–Crippen MR) is 75.0 cm³/mol. The van der Waals surface area contributed by atoms with Gasteiger partial charge in [-0.25, -0.2) is 0 Å². The van der Waals surface area contributed by atoms with Crippen LogP contribution in [0, 0.1) is 6.92 Å². The molecule has 0 atom stereocenters. The first-order valence-corrected chi connectivity index (χ1v) is 6.51. The van der Waals surface area contributed by atoms with Crippen molar-refractivity contribution in [2.75, 3.05) is 25.9 Å². The topological polar surface area (TPSA) is 66.6 Å². The zero-order chi connectivity index (χ0) is 13.3. The lowest BCUT2D eigenvalue weighted by atomic mass is 10.1. The molecule has 0 spiro atoms. The molecule has 0 bridgehead atoms. The highest BCUT2D eigenvalue weighted by molar-refractivity contribution is 7.21. The Morgan fingerprint density at radius 2 is 2.22 bits per heavy atom. The van der Waals surface area contributed by atoms with Crippen molar-refractivity contribution in [1.82, 2.24) is 4.90 Å². The van der Waals surface area contributed by atoms with E-state index in [-0.39, 0.29) is 12.5 Å². The van der Waals surface area contributed by atoms with Crippen molar-refractivity contribution < 1.29 is 9.90 Å². The molecule has 0 radical (unpaired) electrons. The molecule has 1 heterocycles. The average molecular weight is 264 g/mol. The normalized spacial score (nSPS) is 10.8. The van der Waals surface area contributed by atoms with Crippen molar-refractivity contribution in [2.45, 2.75) is 6.92 Å². The fourth-order valence-corrected chi connectivity index (χ4v) is 2.91. The number of carbonyl (C=O) groups is 1. The number of aliphatic hydroxyl groups excluding tert-OH is 1. The zero-order valence-corrected chi connectivity index (χ0v) is 11.3. The van der Waals surface area contributed by atoms with Crippen molar-refractivity contribution in [3.05, 3.63) is 28.6 Å². The summed E-state index contributed by atoms with van der Waals surface area (Å²) in [7, 11) is 1.66. The molecule has 3 N–H and O–H groups in total. The molecule has 0 aliphatic carbocycles. The molecule has 0 fully saturated rings. The number of benzene rings is 1. The van der Waals surface area contributed by atoms with Crippen molar-refractivity contribution in [2.24, 2.45) is 0 Å².